The van der Waals surface area contributed by atoms with E-state index in [0.29, 0.717) is 10.8 Å². The zero-order chi connectivity index (χ0) is 18.4. The van der Waals surface area contributed by atoms with Crippen LogP contribution in [0.15, 0.2) is 47.6 Å². The lowest BCUT2D eigenvalue weighted by Crippen LogP contribution is -2.18. The number of hydrogen-bond acceptors (Lipinski definition) is 6. The third-order valence-electron chi connectivity index (χ3n) is 3.08. The maximum atomic E-state index is 11.7. The first kappa shape index (κ1) is 18.2. The lowest BCUT2D eigenvalue weighted by molar-refractivity contribution is -0.384. The molecule has 0 atom stereocenters. The van der Waals surface area contributed by atoms with Gasteiger partial charge in [0, 0.05) is 22.7 Å². The molecule has 0 aromatic heterocycles. The molecule has 2 aromatic carbocycles. The van der Waals surface area contributed by atoms with Crippen molar-refractivity contribution in [3.8, 4) is 5.75 Å². The fraction of sp³-hybridized carbons (Fsp3) is 0.125. The number of benzene rings is 2. The van der Waals surface area contributed by atoms with Crippen LogP contribution in [0.25, 0.3) is 0 Å². The average molecular weight is 364 g/mol. The van der Waals surface area contributed by atoms with Crippen LogP contribution in [0.2, 0.25) is 5.02 Å². The summed E-state index contributed by atoms with van der Waals surface area (Å²) in [4.78, 5) is 26.5. The molecule has 9 heteroatoms. The second-order valence-corrected chi connectivity index (χ2v) is 5.38. The number of halogens is 1. The third-order valence-corrected chi connectivity index (χ3v) is 3.32. The van der Waals surface area contributed by atoms with Crippen molar-refractivity contribution in [2.45, 2.75) is 6.92 Å². The quantitative estimate of drug-likeness (QED) is 0.277. The minimum absolute atomic E-state index is 0.150. The molecule has 0 radical (unpaired) electrons. The van der Waals surface area contributed by atoms with E-state index in [0.717, 1.165) is 5.56 Å². The monoisotopic (exact) mass is 363 g/mol. The van der Waals surface area contributed by atoms with E-state index in [1.807, 2.05) is 0 Å². The Morgan fingerprint density at radius 1 is 1.32 bits per heavy atom. The average Bonchev–Trinajstić information content (AvgIpc) is 2.59. The van der Waals surface area contributed by atoms with Crippen molar-refractivity contribution < 1.29 is 19.3 Å². The van der Waals surface area contributed by atoms with Gasteiger partial charge in [-0.1, -0.05) is 28.9 Å². The van der Waals surface area contributed by atoms with Gasteiger partial charge in [0.2, 0.25) is 0 Å². The summed E-state index contributed by atoms with van der Waals surface area (Å²) < 4.78 is 5.31. The second kappa shape index (κ2) is 8.11. The van der Waals surface area contributed by atoms with Gasteiger partial charge >= 0.3 is 5.97 Å². The summed E-state index contributed by atoms with van der Waals surface area (Å²) in [5.41, 5.74) is 6.53. The van der Waals surface area contributed by atoms with Crippen molar-refractivity contribution in [3.05, 3.63) is 68.7 Å². The minimum atomic E-state index is -0.775. The molecule has 0 saturated heterocycles. The van der Waals surface area contributed by atoms with Crippen molar-refractivity contribution in [2.75, 3.05) is 6.61 Å². The van der Waals surface area contributed by atoms with Gasteiger partial charge in [0.05, 0.1) is 4.92 Å². The van der Waals surface area contributed by atoms with E-state index in [4.69, 9.17) is 22.1 Å². The molecule has 0 amide bonds. The summed E-state index contributed by atoms with van der Waals surface area (Å²) in [7, 11) is 0. The number of hydrogen-bond donors (Lipinski definition) is 1. The molecule has 0 bridgehead atoms. The van der Waals surface area contributed by atoms with E-state index in [9.17, 15) is 14.9 Å². The van der Waals surface area contributed by atoms with Crippen LogP contribution in [0, 0.1) is 17.0 Å². The molecule has 0 aliphatic carbocycles. The molecule has 0 spiro atoms. The van der Waals surface area contributed by atoms with Crippen LogP contribution in [0.5, 0.6) is 5.75 Å². The molecule has 8 nitrogen and oxygen atoms in total. The number of nitrogens with two attached hydrogens (primary N) is 1. The number of aryl methyl sites for hydroxylation is 1. The summed E-state index contributed by atoms with van der Waals surface area (Å²) in [5, 5.41) is 14.7. The van der Waals surface area contributed by atoms with Crippen LogP contribution >= 0.6 is 11.6 Å². The van der Waals surface area contributed by atoms with Gasteiger partial charge in [-0.25, -0.2) is 4.79 Å². The van der Waals surface area contributed by atoms with Crippen LogP contribution in [0.4, 0.5) is 5.69 Å². The normalized spacial score (nSPS) is 11.0. The number of nitro benzene ring substituents is 1. The highest BCUT2D eigenvalue weighted by Gasteiger charge is 2.10. The maximum Gasteiger partial charge on any atom is 0.372 e. The molecule has 2 N–H and O–H groups in total. The molecule has 2 aromatic rings. The number of ether oxygens (including phenoxy) is 1. The van der Waals surface area contributed by atoms with Gasteiger partial charge in [-0.2, -0.15) is 0 Å². The van der Waals surface area contributed by atoms with Crippen molar-refractivity contribution >= 4 is 29.1 Å². The highest BCUT2D eigenvalue weighted by molar-refractivity contribution is 6.30. The number of oxime groups is 1. The molecule has 2 rings (SSSR count). The van der Waals surface area contributed by atoms with E-state index in [2.05, 4.69) is 9.99 Å². The Bertz CT molecular complexity index is 838. The van der Waals surface area contributed by atoms with Gasteiger partial charge in [0.25, 0.3) is 5.69 Å². The largest absolute Gasteiger partial charge is 0.482 e. The summed E-state index contributed by atoms with van der Waals surface area (Å²) in [6, 6.07) is 10.4. The van der Waals surface area contributed by atoms with Crippen molar-refractivity contribution in [1.29, 1.82) is 0 Å². The van der Waals surface area contributed by atoms with Gasteiger partial charge in [0.1, 0.15) is 5.75 Å². The third kappa shape index (κ3) is 5.18. The van der Waals surface area contributed by atoms with Crippen molar-refractivity contribution in [3.63, 3.8) is 0 Å². The first-order valence-electron chi connectivity index (χ1n) is 7.04. The number of amidine groups is 1. The molecule has 0 unspecified atom stereocenters. The van der Waals surface area contributed by atoms with Crippen molar-refractivity contribution in [2.24, 2.45) is 10.9 Å². The first-order valence-corrected chi connectivity index (χ1v) is 7.41. The highest BCUT2D eigenvalue weighted by atomic mass is 35.5. The van der Waals surface area contributed by atoms with Crippen LogP contribution < -0.4 is 10.5 Å². The molecule has 25 heavy (non-hydrogen) atoms. The second-order valence-electron chi connectivity index (χ2n) is 4.95. The predicted octanol–water partition coefficient (Wildman–Crippen LogP) is 2.80. The summed E-state index contributed by atoms with van der Waals surface area (Å²) in [5.74, 6) is -0.459. The Morgan fingerprint density at radius 3 is 2.76 bits per heavy atom. The summed E-state index contributed by atoms with van der Waals surface area (Å²) in [6.45, 7) is 1.40. The fourth-order valence-electron chi connectivity index (χ4n) is 1.87. The van der Waals surface area contributed by atoms with Gasteiger partial charge in [0.15, 0.2) is 12.4 Å². The number of nitrogens with zero attached hydrogens (tertiary/aromatic N) is 2. The van der Waals surface area contributed by atoms with Crippen LogP contribution in [-0.4, -0.2) is 23.3 Å². The SMILES string of the molecule is Cc1cc(Cl)ccc1OCC(=O)O/N=C(/N)c1cccc([N+](=O)[O-])c1. The van der Waals surface area contributed by atoms with Gasteiger partial charge in [-0.3, -0.25) is 10.1 Å². The van der Waals surface area contributed by atoms with E-state index in [1.165, 1.54) is 24.3 Å². The number of carbonyl (C=O) groups is 1. The number of carbonyl (C=O) groups excluding carboxylic acids is 1. The Labute approximate surface area is 147 Å². The molecule has 130 valence electrons. The van der Waals surface area contributed by atoms with E-state index < -0.39 is 10.9 Å². The molecule has 0 heterocycles. The minimum Gasteiger partial charge on any atom is -0.482 e. The Kier molecular flexibility index (Phi) is 5.91. The molecule has 0 fully saturated rings. The zero-order valence-corrected chi connectivity index (χ0v) is 13.9. The molecular weight excluding hydrogens is 350 g/mol. The van der Waals surface area contributed by atoms with Crippen LogP contribution in [0.1, 0.15) is 11.1 Å². The zero-order valence-electron chi connectivity index (χ0n) is 13.1. The van der Waals surface area contributed by atoms with Crippen molar-refractivity contribution in [1.82, 2.24) is 0 Å². The van der Waals surface area contributed by atoms with E-state index in [1.54, 1.807) is 25.1 Å². The number of non-ortho nitro benzene ring substituents is 1. The summed E-state index contributed by atoms with van der Waals surface area (Å²) >= 11 is 5.83. The molecule has 0 aliphatic rings. The highest BCUT2D eigenvalue weighted by Crippen LogP contribution is 2.21. The smallest absolute Gasteiger partial charge is 0.372 e. The number of rotatable bonds is 6. The topological polar surface area (TPSA) is 117 Å². The standard InChI is InChI=1S/C16H14ClN3O5/c1-10-7-12(17)5-6-14(10)24-9-15(21)25-19-16(18)11-3-2-4-13(8-11)20(22)23/h2-8H,9H2,1H3,(H2,18,19). The molecular formula is C16H14ClN3O5. The van der Waals surface area contributed by atoms with Gasteiger partial charge < -0.3 is 15.3 Å². The van der Waals surface area contributed by atoms with Gasteiger partial charge in [-0.15, -0.1) is 0 Å². The van der Waals surface area contributed by atoms with Gasteiger partial charge in [-0.05, 0) is 30.7 Å². The Morgan fingerprint density at radius 2 is 2.08 bits per heavy atom. The predicted molar refractivity (Wildman–Crippen MR) is 91.6 cm³/mol. The maximum absolute atomic E-state index is 11.7. The van der Waals surface area contributed by atoms with Crippen LogP contribution in [-0.2, 0) is 9.63 Å². The Balaban J connectivity index is 1.95. The van der Waals surface area contributed by atoms with E-state index in [-0.39, 0.29) is 23.7 Å². The first-order chi connectivity index (χ1) is 11.9. The lowest BCUT2D eigenvalue weighted by atomic mass is 10.2. The van der Waals surface area contributed by atoms with E-state index >= 15 is 0 Å². The summed E-state index contributed by atoms with van der Waals surface area (Å²) in [6.07, 6.45) is 0. The fourth-order valence-corrected chi connectivity index (χ4v) is 2.10. The molecule has 0 saturated carbocycles. The van der Waals surface area contributed by atoms with Crippen LogP contribution in [0.3, 0.4) is 0 Å². The molecule has 0 aliphatic heterocycles. The number of nitro groups is 1. The Hall–Kier alpha value is -3.13. The lowest BCUT2D eigenvalue weighted by Gasteiger charge is -2.07.